The normalized spacial score (nSPS) is 15.3. The van der Waals surface area contributed by atoms with Crippen molar-refractivity contribution in [2.75, 3.05) is 18.5 Å². The van der Waals surface area contributed by atoms with Gasteiger partial charge in [0, 0.05) is 25.4 Å². The molecular weight excluding hydrogens is 526 g/mol. The second-order valence-corrected chi connectivity index (χ2v) is 11.3. The molecule has 1 aliphatic rings. The molecule has 0 saturated heterocycles. The number of rotatable bonds is 9. The number of aryl methyl sites for hydroxylation is 2. The molecule has 0 fully saturated rings. The minimum Gasteiger partial charge on any atom is -0.381 e. The second kappa shape index (κ2) is 14.3. The standard InChI is InChI=1S/C21H30N4O3.C11H12F2/c1-6-28-13-16(3)19(26)24-18-12-25(14-23-18)21(4,5)20(27)22-11-17-10-8-7-9-15(17)2;1-7-2-3-8-5-9(12)6-11(13)10(8)4-7/h7-10,12,14,16H,6,11,13H2,1-5H3,(H,22,27)(H,24,26);5-7H,2-4H2,1H3/t16-;/m0./s1. The van der Waals surface area contributed by atoms with E-state index in [-0.39, 0.29) is 23.5 Å². The van der Waals surface area contributed by atoms with E-state index in [1.165, 1.54) is 6.07 Å². The number of nitrogens with one attached hydrogen (secondary N) is 2. The molecule has 4 rings (SSSR count). The van der Waals surface area contributed by atoms with Gasteiger partial charge in [0.15, 0.2) is 5.82 Å². The zero-order chi connectivity index (χ0) is 30.2. The van der Waals surface area contributed by atoms with E-state index in [0.29, 0.717) is 31.5 Å². The molecule has 9 heteroatoms. The Hall–Kier alpha value is -3.59. The molecule has 2 N–H and O–H groups in total. The first-order chi connectivity index (χ1) is 19.4. The molecule has 1 unspecified atom stereocenters. The van der Waals surface area contributed by atoms with Gasteiger partial charge in [-0.25, -0.2) is 13.8 Å². The molecule has 0 radical (unpaired) electrons. The summed E-state index contributed by atoms with van der Waals surface area (Å²) in [6, 6.07) is 10.4. The van der Waals surface area contributed by atoms with Crippen molar-refractivity contribution in [3.63, 3.8) is 0 Å². The molecule has 1 aromatic heterocycles. The monoisotopic (exact) mass is 568 g/mol. The molecule has 0 bridgehead atoms. The number of ether oxygens (including phenoxy) is 1. The van der Waals surface area contributed by atoms with Crippen LogP contribution in [0.15, 0.2) is 48.9 Å². The molecule has 222 valence electrons. The fourth-order valence-electron chi connectivity index (χ4n) is 4.59. The molecule has 2 aromatic carbocycles. The zero-order valence-corrected chi connectivity index (χ0v) is 24.9. The number of imidazole rings is 1. The summed E-state index contributed by atoms with van der Waals surface area (Å²) in [5, 5.41) is 5.74. The van der Waals surface area contributed by atoms with Gasteiger partial charge in [-0.05, 0) is 81.2 Å². The molecule has 41 heavy (non-hydrogen) atoms. The van der Waals surface area contributed by atoms with Crippen LogP contribution in [-0.4, -0.2) is 34.6 Å². The van der Waals surface area contributed by atoms with E-state index in [1.807, 2.05) is 52.0 Å². The van der Waals surface area contributed by atoms with Crippen LogP contribution >= 0.6 is 0 Å². The molecule has 3 aromatic rings. The first-order valence-electron chi connectivity index (χ1n) is 14.1. The third-order valence-electron chi connectivity index (χ3n) is 7.47. The third-order valence-corrected chi connectivity index (χ3v) is 7.47. The van der Waals surface area contributed by atoms with Crippen molar-refractivity contribution in [3.05, 3.63) is 82.8 Å². The Morgan fingerprint density at radius 2 is 1.95 bits per heavy atom. The third kappa shape index (κ3) is 8.70. The zero-order valence-electron chi connectivity index (χ0n) is 24.9. The van der Waals surface area contributed by atoms with Crippen LogP contribution in [0.1, 0.15) is 63.3 Å². The number of aromatic nitrogens is 2. The first kappa shape index (κ1) is 31.9. The van der Waals surface area contributed by atoms with Crippen LogP contribution in [0.25, 0.3) is 0 Å². The molecule has 0 saturated carbocycles. The average molecular weight is 569 g/mol. The second-order valence-electron chi connectivity index (χ2n) is 11.3. The maximum absolute atomic E-state index is 13.3. The fourth-order valence-corrected chi connectivity index (χ4v) is 4.59. The lowest BCUT2D eigenvalue weighted by molar-refractivity contribution is -0.128. The van der Waals surface area contributed by atoms with Gasteiger partial charge < -0.3 is 19.9 Å². The highest BCUT2D eigenvalue weighted by atomic mass is 19.1. The number of benzene rings is 2. The van der Waals surface area contributed by atoms with Crippen LogP contribution in [0, 0.1) is 30.4 Å². The van der Waals surface area contributed by atoms with Gasteiger partial charge in [-0.3, -0.25) is 9.59 Å². The lowest BCUT2D eigenvalue weighted by Gasteiger charge is -2.25. The molecule has 2 amide bonds. The summed E-state index contributed by atoms with van der Waals surface area (Å²) in [6.45, 7) is 12.8. The van der Waals surface area contributed by atoms with Gasteiger partial charge in [0.05, 0.1) is 18.9 Å². The summed E-state index contributed by atoms with van der Waals surface area (Å²) in [5.41, 5.74) is 2.94. The summed E-state index contributed by atoms with van der Waals surface area (Å²) < 4.78 is 33.1. The molecule has 1 aliphatic carbocycles. The number of hydrogen-bond acceptors (Lipinski definition) is 4. The predicted octanol–water partition coefficient (Wildman–Crippen LogP) is 5.94. The van der Waals surface area contributed by atoms with Crippen LogP contribution in [0.4, 0.5) is 14.6 Å². The summed E-state index contributed by atoms with van der Waals surface area (Å²) in [6.07, 6.45) is 5.82. The van der Waals surface area contributed by atoms with E-state index >= 15 is 0 Å². The van der Waals surface area contributed by atoms with E-state index in [4.69, 9.17) is 4.74 Å². The smallest absolute Gasteiger partial charge is 0.245 e. The van der Waals surface area contributed by atoms with Crippen LogP contribution in [-0.2, 0) is 39.3 Å². The Kier molecular flexibility index (Phi) is 11.2. The molecule has 0 spiro atoms. The number of nitrogens with zero attached hydrogens (tertiary/aromatic N) is 2. The highest BCUT2D eigenvalue weighted by Gasteiger charge is 2.30. The van der Waals surface area contributed by atoms with Gasteiger partial charge in [0.1, 0.15) is 17.2 Å². The van der Waals surface area contributed by atoms with Gasteiger partial charge in [-0.1, -0.05) is 38.1 Å². The summed E-state index contributed by atoms with van der Waals surface area (Å²) in [5.74, 6) is -0.472. The number of halogens is 2. The molecule has 0 aliphatic heterocycles. The lowest BCUT2D eigenvalue weighted by atomic mass is 9.85. The van der Waals surface area contributed by atoms with Gasteiger partial charge in [0.2, 0.25) is 11.8 Å². The number of anilines is 1. The summed E-state index contributed by atoms with van der Waals surface area (Å²) in [7, 11) is 0. The highest BCUT2D eigenvalue weighted by molar-refractivity contribution is 5.91. The van der Waals surface area contributed by atoms with Crippen LogP contribution in [0.3, 0.4) is 0 Å². The molecule has 1 heterocycles. The van der Waals surface area contributed by atoms with Crippen molar-refractivity contribution in [3.8, 4) is 0 Å². The minimum atomic E-state index is -0.852. The van der Waals surface area contributed by atoms with Gasteiger partial charge in [-0.15, -0.1) is 0 Å². The lowest BCUT2D eigenvalue weighted by Crippen LogP contribution is -2.43. The number of hydrogen-bond donors (Lipinski definition) is 2. The Balaban J connectivity index is 0.000000294. The van der Waals surface area contributed by atoms with Gasteiger partial charge in [-0.2, -0.15) is 0 Å². The van der Waals surface area contributed by atoms with Crippen LogP contribution in [0.2, 0.25) is 0 Å². The van der Waals surface area contributed by atoms with E-state index in [1.54, 1.807) is 24.0 Å². The highest BCUT2D eigenvalue weighted by Crippen LogP contribution is 2.28. The van der Waals surface area contributed by atoms with E-state index in [9.17, 15) is 18.4 Å². The van der Waals surface area contributed by atoms with Crippen molar-refractivity contribution in [1.82, 2.24) is 14.9 Å². The van der Waals surface area contributed by atoms with Crippen LogP contribution < -0.4 is 10.6 Å². The number of fused-ring (bicyclic) bond motifs is 1. The van der Waals surface area contributed by atoms with E-state index in [2.05, 4.69) is 22.5 Å². The van der Waals surface area contributed by atoms with Crippen LogP contribution in [0.5, 0.6) is 0 Å². The Labute approximate surface area is 241 Å². The Bertz CT molecular complexity index is 1340. The van der Waals surface area contributed by atoms with Crippen molar-refractivity contribution in [2.24, 2.45) is 11.8 Å². The Morgan fingerprint density at radius 3 is 2.66 bits per heavy atom. The minimum absolute atomic E-state index is 0.129. The van der Waals surface area contributed by atoms with Crippen molar-refractivity contribution < 1.29 is 23.1 Å². The number of carbonyl (C=O) groups is 2. The molecule has 2 atom stereocenters. The topological polar surface area (TPSA) is 85.2 Å². The summed E-state index contributed by atoms with van der Waals surface area (Å²) in [4.78, 5) is 29.1. The Morgan fingerprint density at radius 1 is 1.22 bits per heavy atom. The molecular formula is C32H42F2N4O3. The maximum Gasteiger partial charge on any atom is 0.245 e. The van der Waals surface area contributed by atoms with Gasteiger partial charge in [0.25, 0.3) is 0 Å². The van der Waals surface area contributed by atoms with Crippen molar-refractivity contribution in [2.45, 2.75) is 72.9 Å². The average Bonchev–Trinajstić information content (AvgIpc) is 3.41. The number of amides is 2. The summed E-state index contributed by atoms with van der Waals surface area (Å²) >= 11 is 0. The van der Waals surface area contributed by atoms with Gasteiger partial charge >= 0.3 is 0 Å². The fraction of sp³-hybridized carbons (Fsp3) is 0.469. The largest absolute Gasteiger partial charge is 0.381 e. The van der Waals surface area contributed by atoms with Crippen molar-refractivity contribution in [1.29, 1.82) is 0 Å². The SMILES string of the molecule is CC1CCc2cc(F)cc(F)c2C1.CCOC[C@H](C)C(=O)Nc1cn(C(C)(C)C(=O)NCc2ccccc2C)cn1. The quantitative estimate of drug-likeness (QED) is 0.334. The van der Waals surface area contributed by atoms with E-state index in [0.717, 1.165) is 47.6 Å². The first-order valence-corrected chi connectivity index (χ1v) is 14.1. The molecule has 7 nitrogen and oxygen atoms in total. The number of carbonyl (C=O) groups excluding carboxylic acids is 2. The van der Waals surface area contributed by atoms with Crippen molar-refractivity contribution >= 4 is 17.6 Å². The maximum atomic E-state index is 13.3. The van der Waals surface area contributed by atoms with E-state index < -0.39 is 11.4 Å². The predicted molar refractivity (Wildman–Crippen MR) is 156 cm³/mol.